The second kappa shape index (κ2) is 6.14. The predicted octanol–water partition coefficient (Wildman–Crippen LogP) is 4.71. The molecule has 1 N–H and O–H groups in total. The van der Waals surface area contributed by atoms with Crippen LogP contribution in [0.2, 0.25) is 10.0 Å². The Morgan fingerprint density at radius 1 is 1.15 bits per heavy atom. The van der Waals surface area contributed by atoms with E-state index in [-0.39, 0.29) is 5.69 Å². The topological polar surface area (TPSA) is 85.6 Å². The molecule has 3 aromatic heterocycles. The molecule has 0 aliphatic heterocycles. The number of oxazole rings is 1. The first-order chi connectivity index (χ1) is 12.8. The molecule has 0 unspecified atom stereocenters. The van der Waals surface area contributed by atoms with Gasteiger partial charge in [0.25, 0.3) is 0 Å². The number of hydrogen-bond acceptors (Lipinski definition) is 4. The summed E-state index contributed by atoms with van der Waals surface area (Å²) in [4.78, 5) is 11.6. The van der Waals surface area contributed by atoms with Crippen LogP contribution in [0.1, 0.15) is 27.6 Å². The Hall–Kier alpha value is -2.77. The Balaban J connectivity index is 2.02. The molecule has 4 aromatic rings. The van der Waals surface area contributed by atoms with E-state index >= 15 is 0 Å². The molecular weight excluding hydrogens is 391 g/mol. The average Bonchev–Trinajstić information content (AvgIpc) is 3.19. The van der Waals surface area contributed by atoms with Gasteiger partial charge in [-0.25, -0.2) is 9.48 Å². The third kappa shape index (κ3) is 2.70. The molecule has 0 saturated heterocycles. The van der Waals surface area contributed by atoms with Crippen molar-refractivity contribution in [2.24, 2.45) is 0 Å². The third-order valence-electron chi connectivity index (χ3n) is 4.23. The summed E-state index contributed by atoms with van der Waals surface area (Å²) in [6.45, 7) is 5.29. The number of hydrogen-bond donors (Lipinski definition) is 1. The predicted molar refractivity (Wildman–Crippen MR) is 101 cm³/mol. The zero-order valence-corrected chi connectivity index (χ0v) is 16.1. The van der Waals surface area contributed by atoms with E-state index in [0.29, 0.717) is 49.9 Å². The molecule has 0 amide bonds. The fraction of sp³-hybridized carbons (Fsp3) is 0.167. The van der Waals surface area contributed by atoms with Crippen molar-refractivity contribution in [3.8, 4) is 16.9 Å². The van der Waals surface area contributed by atoms with Crippen molar-refractivity contribution < 1.29 is 14.3 Å². The van der Waals surface area contributed by atoms with Crippen LogP contribution in [0.4, 0.5) is 0 Å². The maximum atomic E-state index is 11.6. The number of fused-ring (bicyclic) bond motifs is 1. The molecule has 4 rings (SSSR count). The van der Waals surface area contributed by atoms with Crippen LogP contribution >= 0.6 is 23.2 Å². The molecule has 0 spiro atoms. The quantitative estimate of drug-likeness (QED) is 0.534. The van der Waals surface area contributed by atoms with Crippen molar-refractivity contribution in [1.82, 2.24) is 19.4 Å². The third-order valence-corrected chi connectivity index (χ3v) is 4.78. The monoisotopic (exact) mass is 404 g/mol. The Labute approximate surface area is 163 Å². The number of aromatic carboxylic acids is 1. The smallest absolute Gasteiger partial charge is 0.354 e. The normalized spacial score (nSPS) is 11.4. The summed E-state index contributed by atoms with van der Waals surface area (Å²) in [5.41, 5.74) is 3.42. The Morgan fingerprint density at radius 3 is 2.56 bits per heavy atom. The van der Waals surface area contributed by atoms with Gasteiger partial charge in [0.2, 0.25) is 5.71 Å². The van der Waals surface area contributed by atoms with Crippen molar-refractivity contribution in [3.63, 3.8) is 0 Å². The van der Waals surface area contributed by atoms with Crippen molar-refractivity contribution in [1.29, 1.82) is 0 Å². The standard InChI is InChI=1S/C18H14Cl2N4O3/c1-8-6-14(18(25)26)23(21-8)15-9(2)22-24-16(10(3)27-17(15)24)12-5-4-11(19)7-13(12)20/h4-7H,1-3H3,(H,25,26). The second-order valence-electron chi connectivity index (χ2n) is 6.17. The van der Waals surface area contributed by atoms with Gasteiger partial charge >= 0.3 is 5.97 Å². The fourth-order valence-corrected chi connectivity index (χ4v) is 3.63. The van der Waals surface area contributed by atoms with E-state index in [9.17, 15) is 9.90 Å². The van der Waals surface area contributed by atoms with Crippen LogP contribution in [0.3, 0.4) is 0 Å². The molecule has 0 fully saturated rings. The number of aromatic nitrogens is 4. The van der Waals surface area contributed by atoms with Gasteiger partial charge in [0.1, 0.15) is 11.5 Å². The minimum absolute atomic E-state index is 0.0330. The Morgan fingerprint density at radius 2 is 1.89 bits per heavy atom. The molecule has 0 aliphatic carbocycles. The molecule has 3 heterocycles. The van der Waals surface area contributed by atoms with Gasteiger partial charge in [-0.2, -0.15) is 14.7 Å². The van der Waals surface area contributed by atoms with Gasteiger partial charge in [0.05, 0.1) is 16.4 Å². The van der Waals surface area contributed by atoms with Crippen LogP contribution in [0.15, 0.2) is 28.7 Å². The first-order valence-corrected chi connectivity index (χ1v) is 8.78. The lowest BCUT2D eigenvalue weighted by Crippen LogP contribution is -2.08. The number of aryl methyl sites for hydroxylation is 3. The minimum Gasteiger partial charge on any atom is -0.477 e. The molecule has 9 heteroatoms. The van der Waals surface area contributed by atoms with Crippen LogP contribution in [0.5, 0.6) is 0 Å². The number of nitrogens with zero attached hydrogens (tertiary/aromatic N) is 4. The van der Waals surface area contributed by atoms with Crippen LogP contribution in [0.25, 0.3) is 22.7 Å². The minimum atomic E-state index is -1.08. The number of carbonyl (C=O) groups is 1. The van der Waals surface area contributed by atoms with Gasteiger partial charge in [-0.15, -0.1) is 0 Å². The summed E-state index contributed by atoms with van der Waals surface area (Å²) < 4.78 is 8.89. The van der Waals surface area contributed by atoms with Crippen LogP contribution in [0, 0.1) is 20.8 Å². The lowest BCUT2D eigenvalue weighted by molar-refractivity contribution is 0.0687. The van der Waals surface area contributed by atoms with Gasteiger partial charge in [0.15, 0.2) is 11.4 Å². The zero-order valence-electron chi connectivity index (χ0n) is 14.6. The van der Waals surface area contributed by atoms with Gasteiger partial charge in [0, 0.05) is 10.6 Å². The van der Waals surface area contributed by atoms with E-state index in [2.05, 4.69) is 10.2 Å². The maximum Gasteiger partial charge on any atom is 0.354 e. The largest absolute Gasteiger partial charge is 0.477 e. The van der Waals surface area contributed by atoms with E-state index in [0.717, 1.165) is 0 Å². The van der Waals surface area contributed by atoms with Crippen molar-refractivity contribution in [2.45, 2.75) is 20.8 Å². The molecule has 27 heavy (non-hydrogen) atoms. The van der Waals surface area contributed by atoms with E-state index in [1.165, 1.54) is 10.7 Å². The van der Waals surface area contributed by atoms with Crippen molar-refractivity contribution in [3.05, 3.63) is 57.2 Å². The van der Waals surface area contributed by atoms with Crippen molar-refractivity contribution >= 4 is 34.9 Å². The molecule has 0 radical (unpaired) electrons. The summed E-state index contributed by atoms with van der Waals surface area (Å²) >= 11 is 12.4. The molecule has 7 nitrogen and oxygen atoms in total. The highest BCUT2D eigenvalue weighted by atomic mass is 35.5. The zero-order chi connectivity index (χ0) is 19.5. The molecule has 0 saturated carbocycles. The Bertz CT molecular complexity index is 1220. The highest BCUT2D eigenvalue weighted by Crippen LogP contribution is 2.36. The first-order valence-electron chi connectivity index (χ1n) is 8.02. The van der Waals surface area contributed by atoms with Gasteiger partial charge < -0.3 is 9.52 Å². The maximum absolute atomic E-state index is 11.6. The number of carboxylic acid groups (broad SMARTS) is 1. The highest BCUT2D eigenvalue weighted by molar-refractivity contribution is 6.36. The lowest BCUT2D eigenvalue weighted by Gasteiger charge is -2.03. The second-order valence-corrected chi connectivity index (χ2v) is 7.01. The number of benzene rings is 1. The van der Waals surface area contributed by atoms with Gasteiger partial charge in [-0.3, -0.25) is 0 Å². The highest BCUT2D eigenvalue weighted by Gasteiger charge is 2.26. The molecule has 138 valence electrons. The van der Waals surface area contributed by atoms with E-state index in [1.54, 1.807) is 43.5 Å². The first kappa shape index (κ1) is 17.6. The summed E-state index contributed by atoms with van der Waals surface area (Å²) in [5.74, 6) is -0.498. The summed E-state index contributed by atoms with van der Waals surface area (Å²) in [7, 11) is 0. The summed E-state index contributed by atoms with van der Waals surface area (Å²) in [6.07, 6.45) is 0. The van der Waals surface area contributed by atoms with E-state index < -0.39 is 5.97 Å². The van der Waals surface area contributed by atoms with Crippen LogP contribution in [-0.4, -0.2) is 30.5 Å². The van der Waals surface area contributed by atoms with Gasteiger partial charge in [-0.1, -0.05) is 23.2 Å². The van der Waals surface area contributed by atoms with Crippen LogP contribution < -0.4 is 0 Å². The number of rotatable bonds is 3. The van der Waals surface area contributed by atoms with Gasteiger partial charge in [-0.05, 0) is 45.0 Å². The van der Waals surface area contributed by atoms with Crippen molar-refractivity contribution in [2.75, 3.05) is 0 Å². The van der Waals surface area contributed by atoms with Crippen LogP contribution in [-0.2, 0) is 0 Å². The van der Waals surface area contributed by atoms with E-state index in [4.69, 9.17) is 27.6 Å². The summed E-state index contributed by atoms with van der Waals surface area (Å²) in [6, 6.07) is 6.67. The fourth-order valence-electron chi connectivity index (χ4n) is 3.13. The van der Waals surface area contributed by atoms with E-state index in [1.807, 2.05) is 0 Å². The molecule has 1 aromatic carbocycles. The number of halogens is 2. The average molecular weight is 405 g/mol. The molecule has 0 atom stereocenters. The SMILES string of the molecule is Cc1cc(C(=O)O)n(-c2c(C)nn3c(-c4ccc(Cl)cc4Cl)c(C)oc23)n1. The Kier molecular flexibility index (Phi) is 4.01. The summed E-state index contributed by atoms with van der Waals surface area (Å²) in [5, 5.41) is 19.3. The lowest BCUT2D eigenvalue weighted by atomic mass is 10.1. The number of carboxylic acids is 1. The molecule has 0 bridgehead atoms. The molecular formula is C18H14Cl2N4O3. The molecule has 0 aliphatic rings.